The minimum Gasteiger partial charge on any atom is -0.366 e. The van der Waals surface area contributed by atoms with Crippen LogP contribution in [0.5, 0.6) is 0 Å². The summed E-state index contributed by atoms with van der Waals surface area (Å²) in [5, 5.41) is 3.16. The Morgan fingerprint density at radius 2 is 1.74 bits per heavy atom. The molecule has 0 fully saturated rings. The number of hydrogen-bond acceptors (Lipinski definition) is 4. The highest BCUT2D eigenvalue weighted by Gasteiger charge is 2.19. The van der Waals surface area contributed by atoms with Crippen LogP contribution in [-0.2, 0) is 0 Å². The number of nitrogens with one attached hydrogen (secondary N) is 1. The summed E-state index contributed by atoms with van der Waals surface area (Å²) in [6, 6.07) is 20.9. The Labute approximate surface area is 159 Å². The molecule has 0 unspecified atom stereocenters. The van der Waals surface area contributed by atoms with Gasteiger partial charge in [0.05, 0.1) is 0 Å². The number of carbonyl (C=O) groups excluding carboxylic acids is 1. The predicted octanol–water partition coefficient (Wildman–Crippen LogP) is 4.41. The van der Waals surface area contributed by atoms with E-state index in [1.54, 1.807) is 17.0 Å². The van der Waals surface area contributed by atoms with Crippen LogP contribution in [0.2, 0.25) is 0 Å². The molecular weight excluding hydrogens is 336 g/mol. The monoisotopic (exact) mass is 358 g/mol. The van der Waals surface area contributed by atoms with E-state index in [0.29, 0.717) is 30.4 Å². The lowest BCUT2D eigenvalue weighted by molar-refractivity contribution is 0.0983. The molecule has 0 aliphatic heterocycles. The van der Waals surface area contributed by atoms with Crippen molar-refractivity contribution in [2.45, 2.75) is 6.92 Å². The molecule has 0 bridgehead atoms. The van der Waals surface area contributed by atoms with E-state index in [9.17, 15) is 4.79 Å². The predicted molar refractivity (Wildman–Crippen MR) is 110 cm³/mol. The van der Waals surface area contributed by atoms with Gasteiger partial charge in [-0.15, -0.1) is 6.58 Å². The van der Waals surface area contributed by atoms with Crippen molar-refractivity contribution in [3.8, 4) is 11.4 Å². The number of carbonyl (C=O) groups is 1. The molecule has 1 N–H and O–H groups in total. The molecule has 5 heteroatoms. The summed E-state index contributed by atoms with van der Waals surface area (Å²) >= 11 is 0. The molecule has 0 saturated carbocycles. The van der Waals surface area contributed by atoms with Crippen LogP contribution in [0.3, 0.4) is 0 Å². The van der Waals surface area contributed by atoms with Gasteiger partial charge in [-0.05, 0) is 19.1 Å². The van der Waals surface area contributed by atoms with E-state index in [1.165, 1.54) is 0 Å². The summed E-state index contributed by atoms with van der Waals surface area (Å²) in [6.45, 7) is 6.75. The summed E-state index contributed by atoms with van der Waals surface area (Å²) in [6.07, 6.45) is 1.74. The molecule has 2 aromatic carbocycles. The highest BCUT2D eigenvalue weighted by molar-refractivity contribution is 6.05. The molecule has 1 heterocycles. The van der Waals surface area contributed by atoms with E-state index in [-0.39, 0.29) is 5.91 Å². The molecular formula is C22H22N4O. The Hall–Kier alpha value is -3.47. The van der Waals surface area contributed by atoms with Crippen molar-refractivity contribution in [3.05, 3.63) is 85.1 Å². The molecule has 1 aromatic heterocycles. The van der Waals surface area contributed by atoms with Crippen LogP contribution in [0.15, 0.2) is 79.4 Å². The highest BCUT2D eigenvalue weighted by Crippen LogP contribution is 2.21. The zero-order valence-corrected chi connectivity index (χ0v) is 15.3. The number of rotatable bonds is 7. The Morgan fingerprint density at radius 1 is 1.07 bits per heavy atom. The molecule has 3 aromatic rings. The van der Waals surface area contributed by atoms with Gasteiger partial charge in [-0.25, -0.2) is 9.97 Å². The minimum atomic E-state index is -0.162. The second kappa shape index (κ2) is 8.76. The summed E-state index contributed by atoms with van der Waals surface area (Å²) in [7, 11) is 0. The molecule has 0 atom stereocenters. The number of anilines is 2. The van der Waals surface area contributed by atoms with Crippen molar-refractivity contribution in [2.24, 2.45) is 0 Å². The molecule has 27 heavy (non-hydrogen) atoms. The van der Waals surface area contributed by atoms with Crippen LogP contribution in [0.4, 0.5) is 11.5 Å². The summed E-state index contributed by atoms with van der Waals surface area (Å²) in [4.78, 5) is 24.0. The number of aromatic nitrogens is 2. The van der Waals surface area contributed by atoms with Crippen molar-refractivity contribution < 1.29 is 4.79 Å². The van der Waals surface area contributed by atoms with Gasteiger partial charge in [0.15, 0.2) is 5.82 Å². The van der Waals surface area contributed by atoms with E-state index >= 15 is 0 Å². The summed E-state index contributed by atoms with van der Waals surface area (Å²) < 4.78 is 0. The maximum Gasteiger partial charge on any atom is 0.277 e. The molecule has 0 aliphatic carbocycles. The fourth-order valence-corrected chi connectivity index (χ4v) is 2.73. The fourth-order valence-electron chi connectivity index (χ4n) is 2.73. The van der Waals surface area contributed by atoms with Crippen LogP contribution >= 0.6 is 0 Å². The van der Waals surface area contributed by atoms with Crippen LogP contribution in [0.1, 0.15) is 17.4 Å². The quantitative estimate of drug-likeness (QED) is 0.636. The average molecular weight is 358 g/mol. The smallest absolute Gasteiger partial charge is 0.277 e. The standard InChI is InChI=1S/C22H22N4O/c1-3-15-23-20-16-19(24-21(25-20)17-11-7-5-8-12-17)22(27)26(4-2)18-13-9-6-10-14-18/h3,5-14,16H,1,4,15H2,2H3,(H,23,24,25). The molecule has 0 radical (unpaired) electrons. The zero-order valence-electron chi connectivity index (χ0n) is 15.3. The number of amides is 1. The number of benzene rings is 2. The average Bonchev–Trinajstić information content (AvgIpc) is 2.74. The molecule has 1 amide bonds. The maximum atomic E-state index is 13.2. The van der Waals surface area contributed by atoms with Crippen LogP contribution in [-0.4, -0.2) is 29.0 Å². The SMILES string of the molecule is C=CCNc1cc(C(=O)N(CC)c2ccccc2)nc(-c2ccccc2)n1. The second-order valence-electron chi connectivity index (χ2n) is 5.88. The van der Waals surface area contributed by atoms with Crippen LogP contribution in [0, 0.1) is 0 Å². The molecule has 3 rings (SSSR count). The molecule has 0 spiro atoms. The number of para-hydroxylation sites is 1. The normalized spacial score (nSPS) is 10.3. The third kappa shape index (κ3) is 4.39. The van der Waals surface area contributed by atoms with E-state index < -0.39 is 0 Å². The lowest BCUT2D eigenvalue weighted by atomic mass is 10.2. The zero-order chi connectivity index (χ0) is 19.1. The summed E-state index contributed by atoms with van der Waals surface area (Å²) in [5.41, 5.74) is 2.04. The Morgan fingerprint density at radius 3 is 2.37 bits per heavy atom. The van der Waals surface area contributed by atoms with Gasteiger partial charge >= 0.3 is 0 Å². The first-order chi connectivity index (χ1) is 13.2. The van der Waals surface area contributed by atoms with E-state index in [0.717, 1.165) is 11.3 Å². The van der Waals surface area contributed by atoms with Gasteiger partial charge in [0, 0.05) is 30.4 Å². The second-order valence-corrected chi connectivity index (χ2v) is 5.88. The van der Waals surface area contributed by atoms with E-state index in [2.05, 4.69) is 21.9 Å². The van der Waals surface area contributed by atoms with Crippen molar-refractivity contribution >= 4 is 17.4 Å². The lowest BCUT2D eigenvalue weighted by Crippen LogP contribution is -2.31. The Balaban J connectivity index is 2.02. The summed E-state index contributed by atoms with van der Waals surface area (Å²) in [5.74, 6) is 0.943. The van der Waals surface area contributed by atoms with Gasteiger partial charge in [0.25, 0.3) is 5.91 Å². The molecule has 136 valence electrons. The Kier molecular flexibility index (Phi) is 5.94. The van der Waals surface area contributed by atoms with Gasteiger partial charge in [-0.3, -0.25) is 4.79 Å². The van der Waals surface area contributed by atoms with Gasteiger partial charge in [0.2, 0.25) is 0 Å². The fraction of sp³-hybridized carbons (Fsp3) is 0.136. The van der Waals surface area contributed by atoms with Gasteiger partial charge in [0.1, 0.15) is 11.5 Å². The molecule has 5 nitrogen and oxygen atoms in total. The number of nitrogens with zero attached hydrogens (tertiary/aromatic N) is 3. The first kappa shape index (κ1) is 18.3. The topological polar surface area (TPSA) is 58.1 Å². The Bertz CT molecular complexity index is 910. The van der Waals surface area contributed by atoms with Gasteiger partial charge in [-0.1, -0.05) is 54.6 Å². The number of hydrogen-bond donors (Lipinski definition) is 1. The highest BCUT2D eigenvalue weighted by atomic mass is 16.2. The van der Waals surface area contributed by atoms with Crippen molar-refractivity contribution in [1.29, 1.82) is 0 Å². The molecule has 0 aliphatic rings. The van der Waals surface area contributed by atoms with Gasteiger partial charge in [-0.2, -0.15) is 0 Å². The van der Waals surface area contributed by atoms with Crippen LogP contribution < -0.4 is 10.2 Å². The van der Waals surface area contributed by atoms with Gasteiger partial charge < -0.3 is 10.2 Å². The largest absolute Gasteiger partial charge is 0.366 e. The van der Waals surface area contributed by atoms with E-state index in [4.69, 9.17) is 0 Å². The minimum absolute atomic E-state index is 0.162. The van der Waals surface area contributed by atoms with E-state index in [1.807, 2.05) is 67.6 Å². The first-order valence-electron chi connectivity index (χ1n) is 8.89. The molecule has 0 saturated heterocycles. The van der Waals surface area contributed by atoms with Crippen molar-refractivity contribution in [3.63, 3.8) is 0 Å². The third-order valence-corrected chi connectivity index (χ3v) is 4.03. The van der Waals surface area contributed by atoms with Crippen LogP contribution in [0.25, 0.3) is 11.4 Å². The lowest BCUT2D eigenvalue weighted by Gasteiger charge is -2.21. The third-order valence-electron chi connectivity index (χ3n) is 4.03. The van der Waals surface area contributed by atoms with Crippen molar-refractivity contribution in [2.75, 3.05) is 23.3 Å². The maximum absolute atomic E-state index is 13.2. The first-order valence-corrected chi connectivity index (χ1v) is 8.89. The van der Waals surface area contributed by atoms with Crippen molar-refractivity contribution in [1.82, 2.24) is 9.97 Å².